The molecule has 4 heteroatoms. The second-order valence-electron chi connectivity index (χ2n) is 4.91. The number of nitrogens with zero attached hydrogens (tertiary/aromatic N) is 1. The van der Waals surface area contributed by atoms with Crippen LogP contribution < -0.4 is 4.90 Å². The van der Waals surface area contributed by atoms with Crippen LogP contribution in [0.2, 0.25) is 0 Å². The monoisotopic (exact) mass is 331 g/mol. The Morgan fingerprint density at radius 3 is 2.80 bits per heavy atom. The first-order valence-electron chi connectivity index (χ1n) is 6.50. The number of halogens is 1. The Morgan fingerprint density at radius 2 is 2.05 bits per heavy atom. The SMILES string of the molecule is O=C(O)c1ccc(CN2CCc3ccccc32)c(Br)c1. The van der Waals surface area contributed by atoms with Crippen molar-refractivity contribution in [3.63, 3.8) is 0 Å². The summed E-state index contributed by atoms with van der Waals surface area (Å²) >= 11 is 3.47. The zero-order chi connectivity index (χ0) is 14.1. The molecule has 2 aromatic carbocycles. The maximum Gasteiger partial charge on any atom is 0.335 e. The van der Waals surface area contributed by atoms with Crippen molar-refractivity contribution in [1.82, 2.24) is 0 Å². The highest BCUT2D eigenvalue weighted by Crippen LogP contribution is 2.30. The molecule has 0 atom stereocenters. The van der Waals surface area contributed by atoms with Crippen molar-refractivity contribution >= 4 is 27.6 Å². The van der Waals surface area contributed by atoms with Crippen LogP contribution in [0.5, 0.6) is 0 Å². The predicted octanol–water partition coefficient (Wildman–Crippen LogP) is 3.71. The Kier molecular flexibility index (Phi) is 3.49. The van der Waals surface area contributed by atoms with Gasteiger partial charge in [0.1, 0.15) is 0 Å². The first-order chi connectivity index (χ1) is 9.65. The lowest BCUT2D eigenvalue weighted by Crippen LogP contribution is -2.20. The number of carboxylic acid groups (broad SMARTS) is 1. The van der Waals surface area contributed by atoms with Gasteiger partial charge in [-0.3, -0.25) is 0 Å². The molecule has 1 N–H and O–H groups in total. The number of hydrogen-bond donors (Lipinski definition) is 1. The van der Waals surface area contributed by atoms with E-state index in [-0.39, 0.29) is 0 Å². The fraction of sp³-hybridized carbons (Fsp3) is 0.188. The molecule has 0 spiro atoms. The largest absolute Gasteiger partial charge is 0.478 e. The molecular formula is C16H14BrNO2. The number of benzene rings is 2. The van der Waals surface area contributed by atoms with E-state index in [1.54, 1.807) is 12.1 Å². The molecule has 0 bridgehead atoms. The summed E-state index contributed by atoms with van der Waals surface area (Å²) in [6.07, 6.45) is 1.07. The minimum absolute atomic E-state index is 0.308. The molecule has 102 valence electrons. The molecule has 3 nitrogen and oxygen atoms in total. The average Bonchev–Trinajstić information content (AvgIpc) is 2.84. The number of aromatic carboxylic acids is 1. The Morgan fingerprint density at radius 1 is 1.25 bits per heavy atom. The van der Waals surface area contributed by atoms with E-state index in [0.717, 1.165) is 29.5 Å². The molecule has 20 heavy (non-hydrogen) atoms. The Labute approximate surface area is 126 Å². The molecule has 0 saturated heterocycles. The van der Waals surface area contributed by atoms with Crippen LogP contribution >= 0.6 is 15.9 Å². The summed E-state index contributed by atoms with van der Waals surface area (Å²) in [5, 5.41) is 8.98. The van der Waals surface area contributed by atoms with Crippen molar-refractivity contribution in [2.24, 2.45) is 0 Å². The summed E-state index contributed by atoms with van der Waals surface area (Å²) in [7, 11) is 0. The van der Waals surface area contributed by atoms with E-state index in [4.69, 9.17) is 5.11 Å². The van der Waals surface area contributed by atoms with Crippen LogP contribution in [0.3, 0.4) is 0 Å². The number of hydrogen-bond acceptors (Lipinski definition) is 2. The summed E-state index contributed by atoms with van der Waals surface area (Å²) in [6.45, 7) is 1.80. The van der Waals surface area contributed by atoms with Gasteiger partial charge in [-0.25, -0.2) is 4.79 Å². The molecule has 1 aliphatic rings. The molecule has 0 saturated carbocycles. The topological polar surface area (TPSA) is 40.5 Å². The third-order valence-electron chi connectivity index (χ3n) is 3.64. The van der Waals surface area contributed by atoms with Crippen LogP contribution in [0.4, 0.5) is 5.69 Å². The van der Waals surface area contributed by atoms with Crippen molar-refractivity contribution in [3.05, 3.63) is 63.6 Å². The van der Waals surface area contributed by atoms with Gasteiger partial charge in [0.15, 0.2) is 0 Å². The lowest BCUT2D eigenvalue weighted by Gasteiger charge is -2.20. The quantitative estimate of drug-likeness (QED) is 0.931. The highest BCUT2D eigenvalue weighted by Gasteiger charge is 2.19. The molecular weight excluding hydrogens is 318 g/mol. The molecule has 0 radical (unpaired) electrons. The fourth-order valence-electron chi connectivity index (χ4n) is 2.59. The van der Waals surface area contributed by atoms with Gasteiger partial charge in [-0.05, 0) is 35.7 Å². The lowest BCUT2D eigenvalue weighted by molar-refractivity contribution is 0.0697. The van der Waals surface area contributed by atoms with Crippen LogP contribution in [0.1, 0.15) is 21.5 Å². The average molecular weight is 332 g/mol. The molecule has 3 rings (SSSR count). The van der Waals surface area contributed by atoms with E-state index in [1.807, 2.05) is 6.07 Å². The van der Waals surface area contributed by atoms with Gasteiger partial charge in [0.25, 0.3) is 0 Å². The second kappa shape index (κ2) is 5.29. The molecule has 0 amide bonds. The smallest absolute Gasteiger partial charge is 0.335 e. The van der Waals surface area contributed by atoms with Crippen molar-refractivity contribution in [3.8, 4) is 0 Å². The molecule has 0 aliphatic carbocycles. The van der Waals surface area contributed by atoms with E-state index in [9.17, 15) is 4.79 Å². The Hall–Kier alpha value is -1.81. The molecule has 1 aliphatic heterocycles. The van der Waals surface area contributed by atoms with E-state index < -0.39 is 5.97 Å². The summed E-state index contributed by atoms with van der Waals surface area (Å²) in [6, 6.07) is 13.6. The van der Waals surface area contributed by atoms with Crippen molar-refractivity contribution < 1.29 is 9.90 Å². The third kappa shape index (κ3) is 2.43. The normalized spacial score (nSPS) is 13.3. The number of para-hydroxylation sites is 1. The number of rotatable bonds is 3. The summed E-state index contributed by atoms with van der Waals surface area (Å²) < 4.78 is 0.849. The molecule has 1 heterocycles. The van der Waals surface area contributed by atoms with Crippen LogP contribution in [-0.4, -0.2) is 17.6 Å². The van der Waals surface area contributed by atoms with Gasteiger partial charge < -0.3 is 10.0 Å². The molecule has 0 aromatic heterocycles. The maximum atomic E-state index is 10.9. The number of carboxylic acids is 1. The Balaban J connectivity index is 1.84. The highest BCUT2D eigenvalue weighted by molar-refractivity contribution is 9.10. The molecule has 2 aromatic rings. The van der Waals surface area contributed by atoms with Gasteiger partial charge in [-0.2, -0.15) is 0 Å². The van der Waals surface area contributed by atoms with Crippen LogP contribution in [0, 0.1) is 0 Å². The number of fused-ring (bicyclic) bond motifs is 1. The van der Waals surface area contributed by atoms with Gasteiger partial charge in [0, 0.05) is 23.2 Å². The van der Waals surface area contributed by atoms with Gasteiger partial charge in [0.2, 0.25) is 0 Å². The minimum Gasteiger partial charge on any atom is -0.478 e. The number of anilines is 1. The van der Waals surface area contributed by atoms with Gasteiger partial charge in [-0.1, -0.05) is 40.2 Å². The van der Waals surface area contributed by atoms with E-state index in [2.05, 4.69) is 45.1 Å². The predicted molar refractivity (Wildman–Crippen MR) is 82.3 cm³/mol. The summed E-state index contributed by atoms with van der Waals surface area (Å²) in [5.74, 6) is -0.899. The van der Waals surface area contributed by atoms with Crippen molar-refractivity contribution in [2.75, 3.05) is 11.4 Å². The molecule has 0 fully saturated rings. The third-order valence-corrected chi connectivity index (χ3v) is 4.38. The summed E-state index contributed by atoms with van der Waals surface area (Å²) in [5.41, 5.74) is 4.07. The van der Waals surface area contributed by atoms with Crippen molar-refractivity contribution in [2.45, 2.75) is 13.0 Å². The first-order valence-corrected chi connectivity index (χ1v) is 7.29. The fourth-order valence-corrected chi connectivity index (χ4v) is 3.09. The first kappa shape index (κ1) is 13.2. The van der Waals surface area contributed by atoms with E-state index >= 15 is 0 Å². The van der Waals surface area contributed by atoms with Gasteiger partial charge in [0.05, 0.1) is 5.56 Å². The standard InChI is InChI=1S/C16H14BrNO2/c17-14-9-12(16(19)20)5-6-13(14)10-18-8-7-11-3-1-2-4-15(11)18/h1-6,9H,7-8,10H2,(H,19,20). The maximum absolute atomic E-state index is 10.9. The zero-order valence-corrected chi connectivity index (χ0v) is 12.4. The lowest BCUT2D eigenvalue weighted by atomic mass is 10.1. The number of carbonyl (C=O) groups is 1. The van der Waals surface area contributed by atoms with Gasteiger partial charge in [-0.15, -0.1) is 0 Å². The van der Waals surface area contributed by atoms with E-state index in [0.29, 0.717) is 5.56 Å². The van der Waals surface area contributed by atoms with E-state index in [1.165, 1.54) is 11.3 Å². The minimum atomic E-state index is -0.899. The van der Waals surface area contributed by atoms with Crippen LogP contribution in [0.15, 0.2) is 46.9 Å². The highest BCUT2D eigenvalue weighted by atomic mass is 79.9. The van der Waals surface area contributed by atoms with Crippen LogP contribution in [0.25, 0.3) is 0 Å². The van der Waals surface area contributed by atoms with Gasteiger partial charge >= 0.3 is 5.97 Å². The van der Waals surface area contributed by atoms with Crippen LogP contribution in [-0.2, 0) is 13.0 Å². The second-order valence-corrected chi connectivity index (χ2v) is 5.77. The summed E-state index contributed by atoms with van der Waals surface area (Å²) in [4.78, 5) is 13.3. The zero-order valence-electron chi connectivity index (χ0n) is 10.8. The molecule has 0 unspecified atom stereocenters. The van der Waals surface area contributed by atoms with Crippen molar-refractivity contribution in [1.29, 1.82) is 0 Å². The Bertz CT molecular complexity index is 669.